The summed E-state index contributed by atoms with van der Waals surface area (Å²) >= 11 is 1.35. The van der Waals surface area contributed by atoms with Crippen molar-refractivity contribution in [2.75, 3.05) is 0 Å². The number of nitriles is 1. The van der Waals surface area contributed by atoms with Crippen LogP contribution in [0.15, 0.2) is 6.20 Å². The van der Waals surface area contributed by atoms with Crippen molar-refractivity contribution in [3.05, 3.63) is 26.6 Å². The molecule has 1 aromatic rings. The van der Waals surface area contributed by atoms with Crippen LogP contribution in [0.2, 0.25) is 0 Å². The average molecular weight is 362 g/mol. The maximum atomic E-state index is 12.5. The Morgan fingerprint density at radius 1 is 1.41 bits per heavy atom. The number of pyridine rings is 1. The fraction of sp³-hybridized carbons (Fsp3) is 0.333. The number of aromatic nitrogens is 1. The molecule has 0 aliphatic carbocycles. The van der Waals surface area contributed by atoms with E-state index in [0.717, 1.165) is 0 Å². The molecule has 0 amide bonds. The van der Waals surface area contributed by atoms with Crippen LogP contribution in [-0.2, 0) is 12.6 Å². The molecule has 0 N–H and O–H groups in total. The molecule has 0 fully saturated rings. The summed E-state index contributed by atoms with van der Waals surface area (Å²) in [5, 5.41) is 8.44. The molecule has 0 aliphatic heterocycles. The van der Waals surface area contributed by atoms with E-state index >= 15 is 0 Å². The summed E-state index contributed by atoms with van der Waals surface area (Å²) in [4.78, 5) is 3.10. The smallest absolute Gasteiger partial charge is 0.254 e. The third-order valence-electron chi connectivity index (χ3n) is 1.92. The average Bonchev–Trinajstić information content (AvgIpc) is 2.18. The Labute approximate surface area is 107 Å². The molecule has 2 nitrogen and oxygen atoms in total. The van der Waals surface area contributed by atoms with Crippen molar-refractivity contribution in [3.8, 4) is 6.07 Å². The van der Waals surface area contributed by atoms with Gasteiger partial charge in [-0.2, -0.15) is 18.4 Å². The van der Waals surface area contributed by atoms with Gasteiger partial charge in [0.25, 0.3) is 6.43 Å². The van der Waals surface area contributed by atoms with Gasteiger partial charge in [0, 0.05) is 9.77 Å². The number of halogens is 6. The Bertz CT molecular complexity index is 464. The molecule has 0 bridgehead atoms. The normalized spacial score (nSPS) is 11.6. The van der Waals surface area contributed by atoms with E-state index in [-0.39, 0.29) is 3.57 Å². The van der Waals surface area contributed by atoms with Gasteiger partial charge >= 0.3 is 6.18 Å². The molecule has 0 saturated heterocycles. The Morgan fingerprint density at radius 3 is 2.41 bits per heavy atom. The van der Waals surface area contributed by atoms with E-state index in [4.69, 9.17) is 5.26 Å². The molecule has 8 heteroatoms. The summed E-state index contributed by atoms with van der Waals surface area (Å²) in [5.41, 5.74) is -2.33. The Morgan fingerprint density at radius 2 is 2.00 bits per heavy atom. The van der Waals surface area contributed by atoms with Crippen molar-refractivity contribution in [2.24, 2.45) is 0 Å². The molecule has 1 aromatic heterocycles. The summed E-state index contributed by atoms with van der Waals surface area (Å²) in [6.45, 7) is 0. The van der Waals surface area contributed by atoms with E-state index in [1.165, 1.54) is 28.7 Å². The van der Waals surface area contributed by atoms with E-state index in [0.29, 0.717) is 6.20 Å². The molecule has 0 unspecified atom stereocenters. The van der Waals surface area contributed by atoms with Crippen LogP contribution in [-0.4, -0.2) is 4.98 Å². The first kappa shape index (κ1) is 14.1. The van der Waals surface area contributed by atoms with Gasteiger partial charge in [-0.05, 0) is 28.2 Å². The monoisotopic (exact) mass is 362 g/mol. The molecule has 0 aliphatic rings. The van der Waals surface area contributed by atoms with Gasteiger partial charge < -0.3 is 0 Å². The molecule has 0 radical (unpaired) electrons. The summed E-state index contributed by atoms with van der Waals surface area (Å²) in [5.74, 6) is 0. The molecule has 92 valence electrons. The molecule has 1 heterocycles. The number of hydrogen-bond donors (Lipinski definition) is 0. The van der Waals surface area contributed by atoms with Crippen LogP contribution in [0.4, 0.5) is 22.0 Å². The van der Waals surface area contributed by atoms with Crippen molar-refractivity contribution in [3.63, 3.8) is 0 Å². The molecular formula is C9H4F5IN2. The van der Waals surface area contributed by atoms with Gasteiger partial charge in [0.1, 0.15) is 5.69 Å². The van der Waals surface area contributed by atoms with E-state index in [1.807, 2.05) is 0 Å². The highest BCUT2D eigenvalue weighted by Crippen LogP contribution is 2.36. The third kappa shape index (κ3) is 3.02. The second-order valence-electron chi connectivity index (χ2n) is 2.98. The minimum Gasteiger partial charge on any atom is -0.254 e. The van der Waals surface area contributed by atoms with Gasteiger partial charge in [0.2, 0.25) is 0 Å². The molecule has 0 saturated carbocycles. The van der Waals surface area contributed by atoms with Crippen molar-refractivity contribution in [2.45, 2.75) is 19.0 Å². The second-order valence-corrected chi connectivity index (χ2v) is 4.06. The molecule has 1 rings (SSSR count). The minimum absolute atomic E-state index is 0.311. The van der Waals surface area contributed by atoms with Crippen LogP contribution >= 0.6 is 22.6 Å². The maximum absolute atomic E-state index is 12.5. The first-order chi connectivity index (χ1) is 7.79. The SMILES string of the molecule is N#CCc1c(C(F)(F)F)cnc(C(F)F)c1I. The van der Waals surface area contributed by atoms with Crippen LogP contribution in [0.25, 0.3) is 0 Å². The fourth-order valence-electron chi connectivity index (χ4n) is 1.19. The number of hydrogen-bond acceptors (Lipinski definition) is 2. The lowest BCUT2D eigenvalue weighted by Gasteiger charge is -2.14. The van der Waals surface area contributed by atoms with E-state index in [1.54, 1.807) is 0 Å². The molecule has 0 aromatic carbocycles. The third-order valence-corrected chi connectivity index (χ3v) is 3.12. The topological polar surface area (TPSA) is 36.7 Å². The van der Waals surface area contributed by atoms with Crippen molar-refractivity contribution in [1.82, 2.24) is 4.98 Å². The lowest BCUT2D eigenvalue weighted by atomic mass is 10.1. The highest BCUT2D eigenvalue weighted by molar-refractivity contribution is 14.1. The van der Waals surface area contributed by atoms with E-state index < -0.39 is 35.8 Å². The van der Waals surface area contributed by atoms with Crippen molar-refractivity contribution in [1.29, 1.82) is 5.26 Å². The number of nitrogens with zero attached hydrogens (tertiary/aromatic N) is 2. The first-order valence-corrected chi connectivity index (χ1v) is 5.26. The van der Waals surface area contributed by atoms with Crippen LogP contribution in [0.1, 0.15) is 23.2 Å². The quantitative estimate of drug-likeness (QED) is 0.594. The van der Waals surface area contributed by atoms with Crippen LogP contribution in [0.3, 0.4) is 0 Å². The highest BCUT2D eigenvalue weighted by atomic mass is 127. The lowest BCUT2D eigenvalue weighted by molar-refractivity contribution is -0.138. The zero-order chi connectivity index (χ0) is 13.2. The van der Waals surface area contributed by atoms with Crippen LogP contribution in [0.5, 0.6) is 0 Å². The first-order valence-electron chi connectivity index (χ1n) is 4.18. The van der Waals surface area contributed by atoms with E-state index in [9.17, 15) is 22.0 Å². The maximum Gasteiger partial charge on any atom is 0.418 e. The highest BCUT2D eigenvalue weighted by Gasteiger charge is 2.36. The van der Waals surface area contributed by atoms with Gasteiger partial charge in [-0.25, -0.2) is 8.78 Å². The van der Waals surface area contributed by atoms with Crippen LogP contribution in [0, 0.1) is 14.9 Å². The van der Waals surface area contributed by atoms with Gasteiger partial charge in [-0.3, -0.25) is 4.98 Å². The molecule has 17 heavy (non-hydrogen) atoms. The predicted octanol–water partition coefficient (Wildman–Crippen LogP) is 3.71. The Balaban J connectivity index is 3.46. The zero-order valence-electron chi connectivity index (χ0n) is 8.02. The fourth-order valence-corrected chi connectivity index (χ4v) is 2.05. The Hall–Kier alpha value is -0.980. The van der Waals surface area contributed by atoms with Gasteiger partial charge in [0.05, 0.1) is 18.1 Å². The minimum atomic E-state index is -4.71. The van der Waals surface area contributed by atoms with Crippen molar-refractivity contribution >= 4 is 22.6 Å². The molecule has 0 spiro atoms. The second kappa shape index (κ2) is 5.12. The van der Waals surface area contributed by atoms with Gasteiger partial charge in [-0.15, -0.1) is 0 Å². The summed E-state index contributed by atoms with van der Waals surface area (Å²) in [7, 11) is 0. The number of rotatable bonds is 2. The van der Waals surface area contributed by atoms with Crippen molar-refractivity contribution < 1.29 is 22.0 Å². The zero-order valence-corrected chi connectivity index (χ0v) is 10.2. The summed E-state index contributed by atoms with van der Waals surface area (Å²) in [6, 6.07) is 1.53. The predicted molar refractivity (Wildman–Crippen MR) is 56.2 cm³/mol. The molecule has 0 atom stereocenters. The van der Waals surface area contributed by atoms with E-state index in [2.05, 4.69) is 4.98 Å². The standard InChI is InChI=1S/C9H4F5IN2/c10-8(11)7-6(15)4(1-2-16)5(3-17-7)9(12,13)14/h3,8H,1H2. The summed E-state index contributed by atoms with van der Waals surface area (Å²) < 4.78 is 62.2. The summed E-state index contributed by atoms with van der Waals surface area (Å²) in [6.07, 6.45) is -7.92. The molecular weight excluding hydrogens is 358 g/mol. The van der Waals surface area contributed by atoms with Gasteiger partial charge in [-0.1, -0.05) is 0 Å². The Kier molecular flexibility index (Phi) is 4.24. The number of alkyl halides is 5. The largest absolute Gasteiger partial charge is 0.418 e. The van der Waals surface area contributed by atoms with Crippen LogP contribution < -0.4 is 0 Å². The lowest BCUT2D eigenvalue weighted by Crippen LogP contribution is -2.13. The van der Waals surface area contributed by atoms with Gasteiger partial charge in [0.15, 0.2) is 0 Å².